The van der Waals surface area contributed by atoms with E-state index in [1.54, 1.807) is 50.6 Å². The van der Waals surface area contributed by atoms with E-state index < -0.39 is 23.7 Å². The van der Waals surface area contributed by atoms with Gasteiger partial charge in [0.25, 0.3) is 0 Å². The molecule has 2 aromatic carbocycles. The van der Waals surface area contributed by atoms with E-state index in [0.29, 0.717) is 45.7 Å². The number of methoxy groups -OCH3 is 4. The number of benzene rings is 2. The summed E-state index contributed by atoms with van der Waals surface area (Å²) in [7, 11) is 6.20. The Kier molecular flexibility index (Phi) is 8.14. The van der Waals surface area contributed by atoms with Crippen molar-refractivity contribution >= 4 is 17.5 Å². The van der Waals surface area contributed by atoms with Gasteiger partial charge < -0.3 is 28.1 Å². The van der Waals surface area contributed by atoms with Crippen molar-refractivity contribution in [3.05, 3.63) is 83.5 Å². The molecule has 214 valence electrons. The molecule has 3 aromatic rings. The molecule has 1 aliphatic carbocycles. The van der Waals surface area contributed by atoms with Gasteiger partial charge in [0.1, 0.15) is 35.6 Å². The van der Waals surface area contributed by atoms with Gasteiger partial charge in [-0.05, 0) is 42.8 Å². The SMILES string of the molecule is COc1ccc(COC(=O)C2C(C)=NC3=CC(c4ccco4)CC(=O)C3C2c2cc(OC)c(OC)cc2OC)cc1. The molecule has 41 heavy (non-hydrogen) atoms. The molecule has 0 radical (unpaired) electrons. The zero-order valence-corrected chi connectivity index (χ0v) is 23.7. The number of nitrogens with zero attached hydrogens (tertiary/aromatic N) is 1. The number of ether oxygens (including phenoxy) is 5. The Hall–Kier alpha value is -4.53. The Balaban J connectivity index is 1.58. The predicted molar refractivity (Wildman–Crippen MR) is 151 cm³/mol. The van der Waals surface area contributed by atoms with Crippen molar-refractivity contribution in [2.45, 2.75) is 31.8 Å². The average molecular weight is 560 g/mol. The fourth-order valence-corrected chi connectivity index (χ4v) is 5.73. The first-order valence-corrected chi connectivity index (χ1v) is 13.3. The molecular formula is C32H33NO8. The van der Waals surface area contributed by atoms with Crippen molar-refractivity contribution in [1.29, 1.82) is 0 Å². The van der Waals surface area contributed by atoms with Crippen LogP contribution in [0.3, 0.4) is 0 Å². The normalized spacial score (nSPS) is 21.7. The Morgan fingerprint density at radius 2 is 1.66 bits per heavy atom. The van der Waals surface area contributed by atoms with Crippen LogP contribution in [-0.4, -0.2) is 45.9 Å². The second kappa shape index (κ2) is 11.9. The zero-order chi connectivity index (χ0) is 29.1. The Labute approximate surface area is 238 Å². The first-order valence-electron chi connectivity index (χ1n) is 13.3. The molecule has 4 atom stereocenters. The summed E-state index contributed by atoms with van der Waals surface area (Å²) in [4.78, 5) is 32.5. The molecule has 9 nitrogen and oxygen atoms in total. The summed E-state index contributed by atoms with van der Waals surface area (Å²) in [6.07, 6.45) is 3.77. The molecule has 1 aromatic heterocycles. The second-order valence-corrected chi connectivity index (χ2v) is 10.0. The van der Waals surface area contributed by atoms with Gasteiger partial charge in [0.15, 0.2) is 11.5 Å². The van der Waals surface area contributed by atoms with Gasteiger partial charge in [0.2, 0.25) is 0 Å². The van der Waals surface area contributed by atoms with Crippen LogP contribution in [0.1, 0.15) is 42.1 Å². The van der Waals surface area contributed by atoms with E-state index in [2.05, 4.69) is 0 Å². The van der Waals surface area contributed by atoms with Crippen LogP contribution in [0.4, 0.5) is 0 Å². The number of carbonyl (C=O) groups excluding carboxylic acids is 2. The van der Waals surface area contributed by atoms with Crippen LogP contribution in [0, 0.1) is 11.8 Å². The topological polar surface area (TPSA) is 106 Å². The molecule has 1 aliphatic heterocycles. The standard InChI is InChI=1S/C32H33NO8/c1-18-29(32(35)41-17-19-8-10-21(36-2)11-9-19)30(22-15-27(38-4)28(39-5)16-26(22)37-3)31-23(33-18)13-20(14-24(31)34)25-7-6-12-40-25/h6-13,15-16,20,29-31H,14,17H2,1-5H3. The Morgan fingerprint density at radius 3 is 2.29 bits per heavy atom. The fourth-order valence-electron chi connectivity index (χ4n) is 5.73. The zero-order valence-electron chi connectivity index (χ0n) is 23.7. The van der Waals surface area contributed by atoms with Crippen LogP contribution in [0.15, 0.2) is 76.0 Å². The maximum atomic E-state index is 13.9. The number of fused-ring (bicyclic) bond motifs is 1. The van der Waals surface area contributed by atoms with Gasteiger partial charge in [-0.3, -0.25) is 14.6 Å². The average Bonchev–Trinajstić information content (AvgIpc) is 3.54. The lowest BCUT2D eigenvalue weighted by Gasteiger charge is -2.39. The third-order valence-electron chi connectivity index (χ3n) is 7.73. The summed E-state index contributed by atoms with van der Waals surface area (Å²) in [5, 5.41) is 0. The quantitative estimate of drug-likeness (QED) is 0.317. The van der Waals surface area contributed by atoms with Crippen molar-refractivity contribution in [3.63, 3.8) is 0 Å². The van der Waals surface area contributed by atoms with Crippen molar-refractivity contribution in [2.75, 3.05) is 28.4 Å². The summed E-state index contributed by atoms with van der Waals surface area (Å²) < 4.78 is 33.5. The Morgan fingerprint density at radius 1 is 0.951 bits per heavy atom. The van der Waals surface area contributed by atoms with Gasteiger partial charge in [0.05, 0.1) is 40.6 Å². The number of carbonyl (C=O) groups is 2. The smallest absolute Gasteiger partial charge is 0.315 e. The highest BCUT2D eigenvalue weighted by Crippen LogP contribution is 2.51. The van der Waals surface area contributed by atoms with Gasteiger partial charge in [-0.15, -0.1) is 0 Å². The molecule has 2 aliphatic rings. The highest BCUT2D eigenvalue weighted by atomic mass is 16.5. The van der Waals surface area contributed by atoms with Crippen LogP contribution >= 0.6 is 0 Å². The van der Waals surface area contributed by atoms with Crippen molar-refractivity contribution < 1.29 is 37.7 Å². The number of hydrogen-bond donors (Lipinski definition) is 0. The molecule has 5 rings (SSSR count). The van der Waals surface area contributed by atoms with E-state index >= 15 is 0 Å². The molecule has 0 saturated carbocycles. The van der Waals surface area contributed by atoms with Crippen molar-refractivity contribution in [3.8, 4) is 23.0 Å². The third-order valence-corrected chi connectivity index (χ3v) is 7.73. The van der Waals surface area contributed by atoms with Gasteiger partial charge in [-0.25, -0.2) is 0 Å². The van der Waals surface area contributed by atoms with Crippen LogP contribution in [-0.2, 0) is 20.9 Å². The number of hydrogen-bond acceptors (Lipinski definition) is 9. The van der Waals surface area contributed by atoms with E-state index in [0.717, 1.165) is 5.56 Å². The lowest BCUT2D eigenvalue weighted by Crippen LogP contribution is -2.42. The molecule has 0 spiro atoms. The summed E-state index contributed by atoms with van der Waals surface area (Å²) >= 11 is 0. The molecule has 0 amide bonds. The lowest BCUT2D eigenvalue weighted by molar-refractivity contribution is -0.148. The molecule has 4 unspecified atom stereocenters. The monoisotopic (exact) mass is 559 g/mol. The maximum absolute atomic E-state index is 13.9. The van der Waals surface area contributed by atoms with Gasteiger partial charge >= 0.3 is 5.97 Å². The van der Waals surface area contributed by atoms with Gasteiger partial charge in [-0.2, -0.15) is 0 Å². The van der Waals surface area contributed by atoms with Crippen LogP contribution in [0.25, 0.3) is 0 Å². The fraction of sp³-hybridized carbons (Fsp3) is 0.344. The largest absolute Gasteiger partial charge is 0.497 e. The highest BCUT2D eigenvalue weighted by Gasteiger charge is 2.49. The lowest BCUT2D eigenvalue weighted by atomic mass is 9.66. The minimum Gasteiger partial charge on any atom is -0.497 e. The first-order chi connectivity index (χ1) is 19.9. The maximum Gasteiger partial charge on any atom is 0.315 e. The Bertz CT molecular complexity index is 1470. The van der Waals surface area contributed by atoms with E-state index in [-0.39, 0.29) is 24.7 Å². The number of aliphatic imine (C=N–C) groups is 1. The summed E-state index contributed by atoms with van der Waals surface area (Å²) in [5.41, 5.74) is 2.58. The summed E-state index contributed by atoms with van der Waals surface area (Å²) in [5.74, 6) is -0.171. The number of rotatable bonds is 9. The van der Waals surface area contributed by atoms with Gasteiger partial charge in [0, 0.05) is 41.3 Å². The van der Waals surface area contributed by atoms with Crippen LogP contribution in [0.2, 0.25) is 0 Å². The second-order valence-electron chi connectivity index (χ2n) is 10.0. The van der Waals surface area contributed by atoms with E-state index in [4.69, 9.17) is 33.1 Å². The molecule has 0 bridgehead atoms. The molecule has 0 fully saturated rings. The van der Waals surface area contributed by atoms with Crippen molar-refractivity contribution in [1.82, 2.24) is 0 Å². The number of Topliss-reactive ketones (excluding diaryl/α,β-unsaturated/α-hetero) is 1. The minimum atomic E-state index is -0.841. The predicted octanol–water partition coefficient (Wildman–Crippen LogP) is 5.49. The highest BCUT2D eigenvalue weighted by molar-refractivity contribution is 6.05. The molecule has 2 heterocycles. The molecular weight excluding hydrogens is 526 g/mol. The minimum absolute atomic E-state index is 0.0463. The number of allylic oxidation sites excluding steroid dienone is 2. The number of ketones is 1. The molecule has 9 heteroatoms. The summed E-state index contributed by atoms with van der Waals surface area (Å²) in [6.45, 7) is 1.85. The number of esters is 1. The molecule has 0 saturated heterocycles. The first kappa shape index (κ1) is 28.0. The number of furan rings is 1. The van der Waals surface area contributed by atoms with Crippen LogP contribution in [0.5, 0.6) is 23.0 Å². The van der Waals surface area contributed by atoms with Crippen LogP contribution < -0.4 is 18.9 Å². The van der Waals surface area contributed by atoms with E-state index in [1.165, 1.54) is 21.3 Å². The van der Waals surface area contributed by atoms with E-state index in [9.17, 15) is 9.59 Å². The summed E-state index contributed by atoms with van der Waals surface area (Å²) in [6, 6.07) is 14.4. The van der Waals surface area contributed by atoms with Gasteiger partial charge in [-0.1, -0.05) is 18.2 Å². The molecule has 0 N–H and O–H groups in total. The van der Waals surface area contributed by atoms with Crippen molar-refractivity contribution in [2.24, 2.45) is 16.8 Å². The third kappa shape index (κ3) is 5.44. The van der Waals surface area contributed by atoms with E-state index in [1.807, 2.05) is 24.3 Å².